The third-order valence-corrected chi connectivity index (χ3v) is 2.70. The Balaban J connectivity index is 2.48. The average molecular weight is 183 g/mol. The van der Waals surface area contributed by atoms with Gasteiger partial charge in [-0.25, -0.2) is 0 Å². The maximum absolute atomic E-state index is 11.8. The van der Waals surface area contributed by atoms with Crippen molar-refractivity contribution >= 4 is 5.91 Å². The molecule has 1 saturated carbocycles. The average Bonchev–Trinajstić information content (AvgIpc) is 2.30. The minimum absolute atomic E-state index is 0.0839. The molecular formula is C11H21NO. The third kappa shape index (κ3) is 3.02. The van der Waals surface area contributed by atoms with Crippen LogP contribution in [0.1, 0.15) is 47.0 Å². The van der Waals surface area contributed by atoms with E-state index in [2.05, 4.69) is 12.2 Å². The van der Waals surface area contributed by atoms with E-state index in [4.69, 9.17) is 0 Å². The van der Waals surface area contributed by atoms with E-state index in [1.165, 1.54) is 12.8 Å². The number of carbonyl (C=O) groups excluding carboxylic acids is 1. The zero-order chi connectivity index (χ0) is 10.1. The summed E-state index contributed by atoms with van der Waals surface area (Å²) in [6, 6.07) is 0. The van der Waals surface area contributed by atoms with E-state index in [-0.39, 0.29) is 17.4 Å². The van der Waals surface area contributed by atoms with Gasteiger partial charge in [0.2, 0.25) is 5.91 Å². The van der Waals surface area contributed by atoms with Gasteiger partial charge in [-0.1, -0.05) is 13.3 Å². The fourth-order valence-corrected chi connectivity index (χ4v) is 2.00. The van der Waals surface area contributed by atoms with Crippen LogP contribution in [0.3, 0.4) is 0 Å². The molecule has 1 aliphatic carbocycles. The Morgan fingerprint density at radius 2 is 1.92 bits per heavy atom. The summed E-state index contributed by atoms with van der Waals surface area (Å²) in [5, 5.41) is 3.05. The number of rotatable bonds is 1. The van der Waals surface area contributed by atoms with Crippen LogP contribution in [-0.2, 0) is 4.79 Å². The maximum Gasteiger partial charge on any atom is 0.223 e. The lowest BCUT2D eigenvalue weighted by atomic mass is 9.96. The second kappa shape index (κ2) is 3.69. The standard InChI is InChI=1S/C11H21NO/c1-8-6-5-7-9(8)10(13)12-11(2,3)4/h8-9H,5-7H2,1-4H3,(H,12,13). The first-order chi connectivity index (χ1) is 5.90. The van der Waals surface area contributed by atoms with Gasteiger partial charge in [0.1, 0.15) is 0 Å². The molecule has 1 aliphatic rings. The zero-order valence-electron chi connectivity index (χ0n) is 9.18. The summed E-state index contributed by atoms with van der Waals surface area (Å²) in [6.07, 6.45) is 3.49. The van der Waals surface area contributed by atoms with Crippen LogP contribution < -0.4 is 5.32 Å². The van der Waals surface area contributed by atoms with Gasteiger partial charge in [-0.3, -0.25) is 4.79 Å². The van der Waals surface area contributed by atoms with E-state index in [1.54, 1.807) is 0 Å². The van der Waals surface area contributed by atoms with Crippen LogP contribution in [0, 0.1) is 11.8 Å². The summed E-state index contributed by atoms with van der Waals surface area (Å²) in [5.41, 5.74) is -0.0839. The van der Waals surface area contributed by atoms with Crippen molar-refractivity contribution in [1.82, 2.24) is 5.32 Å². The first kappa shape index (κ1) is 10.6. The lowest BCUT2D eigenvalue weighted by Crippen LogP contribution is -2.44. The minimum atomic E-state index is -0.0839. The molecule has 13 heavy (non-hydrogen) atoms. The molecule has 1 N–H and O–H groups in total. The van der Waals surface area contributed by atoms with Crippen LogP contribution in [0.15, 0.2) is 0 Å². The van der Waals surface area contributed by atoms with Crippen molar-refractivity contribution in [2.75, 3.05) is 0 Å². The Kier molecular flexibility index (Phi) is 2.99. The van der Waals surface area contributed by atoms with Gasteiger partial charge in [0.25, 0.3) is 0 Å². The highest BCUT2D eigenvalue weighted by Crippen LogP contribution is 2.31. The first-order valence-corrected chi connectivity index (χ1v) is 5.22. The van der Waals surface area contributed by atoms with Crippen LogP contribution >= 0.6 is 0 Å². The monoisotopic (exact) mass is 183 g/mol. The van der Waals surface area contributed by atoms with Crippen molar-refractivity contribution < 1.29 is 4.79 Å². The van der Waals surface area contributed by atoms with E-state index < -0.39 is 0 Å². The number of hydrogen-bond donors (Lipinski definition) is 1. The summed E-state index contributed by atoms with van der Waals surface area (Å²) >= 11 is 0. The zero-order valence-corrected chi connectivity index (χ0v) is 9.18. The summed E-state index contributed by atoms with van der Waals surface area (Å²) in [7, 11) is 0. The van der Waals surface area contributed by atoms with Crippen LogP contribution in [0.25, 0.3) is 0 Å². The van der Waals surface area contributed by atoms with Gasteiger partial charge in [-0.05, 0) is 39.5 Å². The number of amides is 1. The molecule has 0 aromatic carbocycles. The predicted octanol–water partition coefficient (Wildman–Crippen LogP) is 2.34. The van der Waals surface area contributed by atoms with Gasteiger partial charge in [-0.15, -0.1) is 0 Å². The van der Waals surface area contributed by atoms with E-state index in [0.29, 0.717) is 5.92 Å². The summed E-state index contributed by atoms with van der Waals surface area (Å²) in [5.74, 6) is 1.08. The fraction of sp³-hybridized carbons (Fsp3) is 0.909. The molecule has 1 fully saturated rings. The van der Waals surface area contributed by atoms with Crippen molar-refractivity contribution in [3.8, 4) is 0 Å². The van der Waals surface area contributed by atoms with Gasteiger partial charge in [-0.2, -0.15) is 0 Å². The number of hydrogen-bond acceptors (Lipinski definition) is 1. The molecule has 76 valence electrons. The van der Waals surface area contributed by atoms with Crippen molar-refractivity contribution in [3.05, 3.63) is 0 Å². The summed E-state index contributed by atoms with van der Waals surface area (Å²) in [4.78, 5) is 11.8. The molecule has 2 atom stereocenters. The largest absolute Gasteiger partial charge is 0.351 e. The lowest BCUT2D eigenvalue weighted by Gasteiger charge is -2.24. The summed E-state index contributed by atoms with van der Waals surface area (Å²) in [6.45, 7) is 8.28. The molecule has 0 spiro atoms. The van der Waals surface area contributed by atoms with Crippen LogP contribution in [-0.4, -0.2) is 11.4 Å². The second-order valence-corrected chi connectivity index (χ2v) is 5.25. The Morgan fingerprint density at radius 3 is 2.31 bits per heavy atom. The first-order valence-electron chi connectivity index (χ1n) is 5.22. The summed E-state index contributed by atoms with van der Waals surface area (Å²) < 4.78 is 0. The highest BCUT2D eigenvalue weighted by atomic mass is 16.2. The van der Waals surface area contributed by atoms with Crippen molar-refractivity contribution in [1.29, 1.82) is 0 Å². The smallest absolute Gasteiger partial charge is 0.223 e. The van der Waals surface area contributed by atoms with E-state index in [0.717, 1.165) is 6.42 Å². The molecule has 2 unspecified atom stereocenters. The Hall–Kier alpha value is -0.530. The molecule has 0 radical (unpaired) electrons. The van der Waals surface area contributed by atoms with Crippen molar-refractivity contribution in [3.63, 3.8) is 0 Å². The van der Waals surface area contributed by atoms with Gasteiger partial charge in [0.15, 0.2) is 0 Å². The highest BCUT2D eigenvalue weighted by Gasteiger charge is 2.31. The molecule has 2 heteroatoms. The predicted molar refractivity (Wildman–Crippen MR) is 54.4 cm³/mol. The van der Waals surface area contributed by atoms with Gasteiger partial charge in [0.05, 0.1) is 0 Å². The maximum atomic E-state index is 11.8. The quantitative estimate of drug-likeness (QED) is 0.664. The minimum Gasteiger partial charge on any atom is -0.351 e. The van der Waals surface area contributed by atoms with Crippen molar-refractivity contribution in [2.45, 2.75) is 52.5 Å². The van der Waals surface area contributed by atoms with Gasteiger partial charge in [0, 0.05) is 11.5 Å². The Morgan fingerprint density at radius 1 is 1.31 bits per heavy atom. The van der Waals surface area contributed by atoms with Crippen LogP contribution in [0.5, 0.6) is 0 Å². The van der Waals surface area contributed by atoms with Crippen molar-refractivity contribution in [2.24, 2.45) is 11.8 Å². The molecule has 2 nitrogen and oxygen atoms in total. The molecule has 1 rings (SSSR count). The van der Waals surface area contributed by atoms with Crippen LogP contribution in [0.2, 0.25) is 0 Å². The fourth-order valence-electron chi connectivity index (χ4n) is 2.00. The highest BCUT2D eigenvalue weighted by molar-refractivity contribution is 5.79. The molecule has 1 amide bonds. The van der Waals surface area contributed by atoms with E-state index in [9.17, 15) is 4.79 Å². The SMILES string of the molecule is CC1CCCC1C(=O)NC(C)(C)C. The van der Waals surface area contributed by atoms with E-state index in [1.807, 2.05) is 20.8 Å². The van der Waals surface area contributed by atoms with E-state index >= 15 is 0 Å². The Bertz CT molecular complexity index is 193. The number of carbonyl (C=O) groups is 1. The Labute approximate surface area is 81.1 Å². The second-order valence-electron chi connectivity index (χ2n) is 5.25. The van der Waals surface area contributed by atoms with Gasteiger partial charge >= 0.3 is 0 Å². The topological polar surface area (TPSA) is 29.1 Å². The molecular weight excluding hydrogens is 162 g/mol. The number of nitrogens with one attached hydrogen (secondary N) is 1. The molecule has 0 heterocycles. The molecule has 0 aromatic heterocycles. The molecule has 0 aliphatic heterocycles. The third-order valence-electron chi connectivity index (χ3n) is 2.70. The normalized spacial score (nSPS) is 28.9. The van der Waals surface area contributed by atoms with Gasteiger partial charge < -0.3 is 5.32 Å². The molecule has 0 aromatic rings. The molecule has 0 saturated heterocycles. The molecule has 0 bridgehead atoms. The lowest BCUT2D eigenvalue weighted by molar-refractivity contribution is -0.127. The van der Waals surface area contributed by atoms with Crippen LogP contribution in [0.4, 0.5) is 0 Å².